The van der Waals surface area contributed by atoms with Gasteiger partial charge in [0.05, 0.1) is 14.0 Å². The summed E-state index contributed by atoms with van der Waals surface area (Å²) in [5.74, 6) is -0.476. The van der Waals surface area contributed by atoms with Gasteiger partial charge >= 0.3 is 0 Å². The molecule has 0 atom stereocenters. The minimum Gasteiger partial charge on any atom is -0.347 e. The number of halogens is 2. The Hall–Kier alpha value is -2.44. The highest BCUT2D eigenvalue weighted by Crippen LogP contribution is 2.33. The molecule has 0 aliphatic carbocycles. The van der Waals surface area contributed by atoms with E-state index in [2.05, 4.69) is 46.4 Å². The van der Waals surface area contributed by atoms with E-state index in [9.17, 15) is 9.18 Å². The van der Waals surface area contributed by atoms with Crippen molar-refractivity contribution in [3.8, 4) is 0 Å². The van der Waals surface area contributed by atoms with Crippen LogP contribution in [0.25, 0.3) is 10.2 Å². The second kappa shape index (κ2) is 7.89. The number of aromatic nitrogens is 1. The van der Waals surface area contributed by atoms with Gasteiger partial charge in [-0.2, -0.15) is 0 Å². The average Bonchev–Trinajstić information content (AvgIpc) is 3.17. The molecule has 4 aromatic rings. The third kappa shape index (κ3) is 4.03. The normalized spacial score (nSPS) is 11.1. The lowest BCUT2D eigenvalue weighted by Gasteiger charge is -2.12. The van der Waals surface area contributed by atoms with E-state index in [4.69, 9.17) is 0 Å². The minimum absolute atomic E-state index is 0.170. The molecule has 3 nitrogen and oxygen atoms in total. The fraction of sp³-hybridized carbons (Fsp3) is 0.136. The predicted molar refractivity (Wildman–Crippen MR) is 115 cm³/mol. The Morgan fingerprint density at radius 2 is 1.89 bits per heavy atom. The highest BCUT2D eigenvalue weighted by atomic mass is 79.9. The van der Waals surface area contributed by atoms with Gasteiger partial charge < -0.3 is 9.88 Å². The molecule has 1 N–H and O–H groups in total. The van der Waals surface area contributed by atoms with Crippen LogP contribution in [0.4, 0.5) is 4.39 Å². The number of nitrogens with zero attached hydrogens (tertiary/aromatic N) is 1. The highest BCUT2D eigenvalue weighted by molar-refractivity contribution is 9.11. The standard InChI is InChI=1S/C22H18BrFN2OS/c1-14-4-2-6-16(8-14)13-26-18-11-21(23)28-20(18)10-19(26)22(27)25-12-15-5-3-7-17(24)9-15/h2-11H,12-13H2,1H3,(H,25,27). The first-order chi connectivity index (χ1) is 13.5. The second-order valence-electron chi connectivity index (χ2n) is 6.72. The molecule has 0 bridgehead atoms. The summed E-state index contributed by atoms with van der Waals surface area (Å²) in [5.41, 5.74) is 4.68. The van der Waals surface area contributed by atoms with E-state index in [1.807, 2.05) is 22.8 Å². The second-order valence-corrected chi connectivity index (χ2v) is 9.18. The lowest BCUT2D eigenvalue weighted by atomic mass is 10.1. The van der Waals surface area contributed by atoms with Gasteiger partial charge in [-0.15, -0.1) is 11.3 Å². The van der Waals surface area contributed by atoms with Crippen LogP contribution in [0, 0.1) is 12.7 Å². The first kappa shape index (κ1) is 18.9. The van der Waals surface area contributed by atoms with Gasteiger partial charge in [0.2, 0.25) is 0 Å². The van der Waals surface area contributed by atoms with Crippen molar-refractivity contribution in [2.45, 2.75) is 20.0 Å². The van der Waals surface area contributed by atoms with Gasteiger partial charge in [0.25, 0.3) is 5.91 Å². The van der Waals surface area contributed by atoms with Crippen LogP contribution in [0.5, 0.6) is 0 Å². The van der Waals surface area contributed by atoms with Crippen LogP contribution in [-0.2, 0) is 13.1 Å². The number of benzene rings is 2. The molecule has 0 aliphatic rings. The van der Waals surface area contributed by atoms with Crippen LogP contribution < -0.4 is 5.32 Å². The first-order valence-corrected chi connectivity index (χ1v) is 10.5. The van der Waals surface area contributed by atoms with Crippen LogP contribution in [-0.4, -0.2) is 10.5 Å². The number of aryl methyl sites for hydroxylation is 1. The number of hydrogen-bond acceptors (Lipinski definition) is 2. The first-order valence-electron chi connectivity index (χ1n) is 8.86. The number of fused-ring (bicyclic) bond motifs is 1. The SMILES string of the molecule is Cc1cccc(Cn2c(C(=O)NCc3cccc(F)c3)cc3sc(Br)cc32)c1. The summed E-state index contributed by atoms with van der Waals surface area (Å²) in [6, 6.07) is 18.5. The molecule has 0 unspecified atom stereocenters. The monoisotopic (exact) mass is 456 g/mol. The van der Waals surface area contributed by atoms with Crippen molar-refractivity contribution in [1.29, 1.82) is 0 Å². The van der Waals surface area contributed by atoms with E-state index in [1.54, 1.807) is 23.5 Å². The molecule has 0 spiro atoms. The molecule has 6 heteroatoms. The molecular weight excluding hydrogens is 439 g/mol. The van der Waals surface area contributed by atoms with E-state index in [1.165, 1.54) is 17.7 Å². The van der Waals surface area contributed by atoms with Gasteiger partial charge in [-0.3, -0.25) is 4.79 Å². The molecule has 0 aliphatic heterocycles. The van der Waals surface area contributed by atoms with Gasteiger partial charge in [-0.1, -0.05) is 42.0 Å². The van der Waals surface area contributed by atoms with Crippen LogP contribution in [0.3, 0.4) is 0 Å². The molecule has 0 fully saturated rings. The summed E-state index contributed by atoms with van der Waals surface area (Å²) in [6.07, 6.45) is 0. The Kier molecular flexibility index (Phi) is 5.33. The molecule has 0 saturated carbocycles. The number of carbonyl (C=O) groups excluding carboxylic acids is 1. The number of hydrogen-bond donors (Lipinski definition) is 1. The Balaban J connectivity index is 1.64. The fourth-order valence-corrected chi connectivity index (χ4v) is 4.85. The summed E-state index contributed by atoms with van der Waals surface area (Å²) >= 11 is 5.13. The number of nitrogens with one attached hydrogen (secondary N) is 1. The molecule has 2 aromatic heterocycles. The van der Waals surface area contributed by atoms with Crippen LogP contribution in [0.1, 0.15) is 27.2 Å². The Bertz CT molecular complexity index is 1160. The number of amides is 1. The topological polar surface area (TPSA) is 34.0 Å². The van der Waals surface area contributed by atoms with Crippen molar-refractivity contribution in [3.63, 3.8) is 0 Å². The molecule has 28 heavy (non-hydrogen) atoms. The summed E-state index contributed by atoms with van der Waals surface area (Å²) < 4.78 is 17.5. The van der Waals surface area contributed by atoms with E-state index in [0.29, 0.717) is 12.2 Å². The van der Waals surface area contributed by atoms with Crippen LogP contribution in [0.15, 0.2) is 64.5 Å². The van der Waals surface area contributed by atoms with Crippen molar-refractivity contribution in [2.75, 3.05) is 0 Å². The van der Waals surface area contributed by atoms with Crippen molar-refractivity contribution >= 4 is 43.4 Å². The smallest absolute Gasteiger partial charge is 0.268 e. The summed E-state index contributed by atoms with van der Waals surface area (Å²) in [6.45, 7) is 2.95. The number of rotatable bonds is 5. The van der Waals surface area contributed by atoms with E-state index >= 15 is 0 Å². The molecule has 142 valence electrons. The number of thiophene rings is 1. The lowest BCUT2D eigenvalue weighted by Crippen LogP contribution is -2.25. The molecule has 0 saturated heterocycles. The van der Waals surface area contributed by atoms with E-state index < -0.39 is 0 Å². The van der Waals surface area contributed by atoms with Gasteiger partial charge in [0.15, 0.2) is 0 Å². The number of carbonyl (C=O) groups is 1. The van der Waals surface area contributed by atoms with Gasteiger partial charge in [0.1, 0.15) is 11.5 Å². The zero-order valence-corrected chi connectivity index (χ0v) is 17.6. The zero-order valence-electron chi connectivity index (χ0n) is 15.2. The molecule has 2 heterocycles. The van der Waals surface area contributed by atoms with Crippen molar-refractivity contribution in [1.82, 2.24) is 9.88 Å². The molecule has 4 rings (SSSR count). The average molecular weight is 457 g/mol. The van der Waals surface area contributed by atoms with Gasteiger partial charge in [0, 0.05) is 13.1 Å². The van der Waals surface area contributed by atoms with E-state index in [0.717, 1.165) is 25.1 Å². The molecule has 0 radical (unpaired) electrons. The summed E-state index contributed by atoms with van der Waals surface area (Å²) in [7, 11) is 0. The maximum absolute atomic E-state index is 13.4. The van der Waals surface area contributed by atoms with Crippen molar-refractivity contribution in [3.05, 3.63) is 92.7 Å². The zero-order chi connectivity index (χ0) is 19.7. The maximum atomic E-state index is 13.4. The van der Waals surface area contributed by atoms with Crippen LogP contribution >= 0.6 is 27.3 Å². The molecule has 2 aromatic carbocycles. The summed E-state index contributed by atoms with van der Waals surface area (Å²) in [5, 5.41) is 2.91. The van der Waals surface area contributed by atoms with Crippen LogP contribution in [0.2, 0.25) is 0 Å². The quantitative estimate of drug-likeness (QED) is 0.398. The molecular formula is C22H18BrFN2OS. The summed E-state index contributed by atoms with van der Waals surface area (Å²) in [4.78, 5) is 12.9. The van der Waals surface area contributed by atoms with Crippen molar-refractivity contribution in [2.24, 2.45) is 0 Å². The maximum Gasteiger partial charge on any atom is 0.268 e. The Morgan fingerprint density at radius 1 is 1.11 bits per heavy atom. The van der Waals surface area contributed by atoms with Gasteiger partial charge in [-0.05, 0) is 58.2 Å². The highest BCUT2D eigenvalue weighted by Gasteiger charge is 2.18. The predicted octanol–water partition coefficient (Wildman–Crippen LogP) is 5.89. The van der Waals surface area contributed by atoms with Crippen molar-refractivity contribution < 1.29 is 9.18 Å². The van der Waals surface area contributed by atoms with E-state index in [-0.39, 0.29) is 18.3 Å². The Labute approximate surface area is 174 Å². The van der Waals surface area contributed by atoms with Gasteiger partial charge in [-0.25, -0.2) is 4.39 Å². The largest absolute Gasteiger partial charge is 0.347 e. The third-order valence-corrected chi connectivity index (χ3v) is 6.13. The third-order valence-electron chi connectivity index (χ3n) is 4.56. The Morgan fingerprint density at radius 3 is 2.68 bits per heavy atom. The minimum atomic E-state index is -0.306. The fourth-order valence-electron chi connectivity index (χ4n) is 3.28. The molecule has 1 amide bonds. The lowest BCUT2D eigenvalue weighted by molar-refractivity contribution is 0.0942.